The number of hydrogen-bond donors (Lipinski definition) is 1. The molecular weight excluding hydrogens is 258 g/mol. The van der Waals surface area contributed by atoms with Gasteiger partial charge >= 0.3 is 0 Å². The van der Waals surface area contributed by atoms with Crippen molar-refractivity contribution in [1.82, 2.24) is 5.32 Å². The highest BCUT2D eigenvalue weighted by molar-refractivity contribution is 7.98. The molecule has 0 fully saturated rings. The Balaban J connectivity index is 1.78. The van der Waals surface area contributed by atoms with Crippen molar-refractivity contribution >= 4 is 23.1 Å². The molecule has 2 heterocycles. The molecule has 1 aromatic heterocycles. The standard InChI is InChI=1S/C15H17NS2/c1-11(15-7-4-8-18-15)16-14-10-17-9-12-5-2-3-6-13(12)14/h2-8,11,14,16H,9-10H2,1H3/t11-,14?/m0/s1. The molecule has 0 aliphatic carbocycles. The molecule has 0 saturated heterocycles. The van der Waals surface area contributed by atoms with Gasteiger partial charge in [0.1, 0.15) is 0 Å². The van der Waals surface area contributed by atoms with Gasteiger partial charge in [0.05, 0.1) is 0 Å². The summed E-state index contributed by atoms with van der Waals surface area (Å²) in [5.74, 6) is 2.33. The molecule has 1 aliphatic heterocycles. The van der Waals surface area contributed by atoms with E-state index in [4.69, 9.17) is 0 Å². The van der Waals surface area contributed by atoms with E-state index in [0.29, 0.717) is 12.1 Å². The van der Waals surface area contributed by atoms with E-state index in [9.17, 15) is 0 Å². The normalized spacial score (nSPS) is 20.4. The Morgan fingerprint density at radius 3 is 2.94 bits per heavy atom. The summed E-state index contributed by atoms with van der Waals surface area (Å²) in [6, 6.07) is 14.1. The van der Waals surface area contributed by atoms with Gasteiger partial charge in [0, 0.05) is 28.5 Å². The van der Waals surface area contributed by atoms with Gasteiger partial charge in [-0.05, 0) is 29.5 Å². The van der Waals surface area contributed by atoms with Crippen LogP contribution in [0.15, 0.2) is 41.8 Å². The Bertz CT molecular complexity index is 507. The van der Waals surface area contributed by atoms with Crippen LogP contribution in [0, 0.1) is 0 Å². The maximum Gasteiger partial charge on any atom is 0.0420 e. The summed E-state index contributed by atoms with van der Waals surface area (Å²) in [4.78, 5) is 1.42. The van der Waals surface area contributed by atoms with E-state index in [-0.39, 0.29) is 0 Å². The lowest BCUT2D eigenvalue weighted by Gasteiger charge is -2.28. The average Bonchev–Trinajstić information content (AvgIpc) is 2.93. The maximum absolute atomic E-state index is 3.77. The Hall–Kier alpha value is -0.770. The van der Waals surface area contributed by atoms with Gasteiger partial charge in [-0.25, -0.2) is 0 Å². The fourth-order valence-corrected chi connectivity index (χ4v) is 4.30. The molecule has 1 aliphatic rings. The molecule has 2 atom stereocenters. The zero-order chi connectivity index (χ0) is 12.4. The monoisotopic (exact) mass is 275 g/mol. The quantitative estimate of drug-likeness (QED) is 0.891. The van der Waals surface area contributed by atoms with E-state index in [1.807, 2.05) is 23.1 Å². The summed E-state index contributed by atoms with van der Waals surface area (Å²) in [7, 11) is 0. The Morgan fingerprint density at radius 1 is 1.22 bits per heavy atom. The van der Waals surface area contributed by atoms with Gasteiger partial charge in [0.25, 0.3) is 0 Å². The smallest absolute Gasteiger partial charge is 0.0420 e. The summed E-state index contributed by atoms with van der Waals surface area (Å²) in [6.07, 6.45) is 0. The highest BCUT2D eigenvalue weighted by Crippen LogP contribution is 2.33. The zero-order valence-corrected chi connectivity index (χ0v) is 12.1. The van der Waals surface area contributed by atoms with Crippen LogP contribution in [0.5, 0.6) is 0 Å². The van der Waals surface area contributed by atoms with Crippen molar-refractivity contribution in [2.24, 2.45) is 0 Å². The number of fused-ring (bicyclic) bond motifs is 1. The molecule has 1 unspecified atom stereocenters. The molecule has 2 aromatic rings. The van der Waals surface area contributed by atoms with Gasteiger partial charge in [-0.2, -0.15) is 11.8 Å². The molecule has 0 saturated carbocycles. The van der Waals surface area contributed by atoms with Crippen LogP contribution in [0.4, 0.5) is 0 Å². The first-order valence-electron chi connectivity index (χ1n) is 6.29. The highest BCUT2D eigenvalue weighted by Gasteiger charge is 2.21. The van der Waals surface area contributed by atoms with Crippen molar-refractivity contribution in [3.8, 4) is 0 Å². The highest BCUT2D eigenvalue weighted by atomic mass is 32.2. The minimum atomic E-state index is 0.432. The third-order valence-corrected chi connectivity index (χ3v) is 5.53. The van der Waals surface area contributed by atoms with Crippen molar-refractivity contribution in [2.75, 3.05) is 5.75 Å². The molecule has 94 valence electrons. The van der Waals surface area contributed by atoms with E-state index in [2.05, 4.69) is 54.0 Å². The van der Waals surface area contributed by atoms with E-state index < -0.39 is 0 Å². The predicted molar refractivity (Wildman–Crippen MR) is 81.2 cm³/mol. The number of hydrogen-bond acceptors (Lipinski definition) is 3. The molecule has 0 spiro atoms. The van der Waals surface area contributed by atoms with Crippen LogP contribution in [0.1, 0.15) is 35.0 Å². The minimum absolute atomic E-state index is 0.432. The zero-order valence-electron chi connectivity index (χ0n) is 10.4. The molecule has 18 heavy (non-hydrogen) atoms. The number of benzene rings is 1. The second kappa shape index (κ2) is 5.47. The van der Waals surface area contributed by atoms with Crippen LogP contribution in [0.3, 0.4) is 0 Å². The van der Waals surface area contributed by atoms with Crippen molar-refractivity contribution in [2.45, 2.75) is 24.8 Å². The van der Waals surface area contributed by atoms with Gasteiger partial charge in [0.2, 0.25) is 0 Å². The fraction of sp³-hybridized carbons (Fsp3) is 0.333. The molecule has 1 nitrogen and oxygen atoms in total. The molecule has 1 aromatic carbocycles. The first kappa shape index (κ1) is 12.3. The number of thiophene rings is 1. The van der Waals surface area contributed by atoms with Crippen LogP contribution in [-0.2, 0) is 5.75 Å². The average molecular weight is 275 g/mol. The second-order valence-corrected chi connectivity index (χ2v) is 6.68. The molecular formula is C15H17NS2. The molecule has 0 radical (unpaired) electrons. The number of nitrogens with one attached hydrogen (secondary N) is 1. The van der Waals surface area contributed by atoms with E-state index in [0.717, 1.165) is 5.75 Å². The van der Waals surface area contributed by atoms with Gasteiger partial charge in [-0.3, -0.25) is 0 Å². The van der Waals surface area contributed by atoms with E-state index in [1.165, 1.54) is 21.8 Å². The van der Waals surface area contributed by atoms with Gasteiger partial charge in [-0.15, -0.1) is 11.3 Å². The van der Waals surface area contributed by atoms with E-state index in [1.54, 1.807) is 0 Å². The van der Waals surface area contributed by atoms with Crippen LogP contribution < -0.4 is 5.32 Å². The Kier molecular flexibility index (Phi) is 3.73. The summed E-state index contributed by atoms with van der Waals surface area (Å²) in [5.41, 5.74) is 2.98. The minimum Gasteiger partial charge on any atom is -0.302 e. The van der Waals surface area contributed by atoms with Crippen molar-refractivity contribution in [3.63, 3.8) is 0 Å². The summed E-state index contributed by atoms with van der Waals surface area (Å²) in [6.45, 7) is 2.26. The molecule has 1 N–H and O–H groups in total. The van der Waals surface area contributed by atoms with Crippen LogP contribution in [0.25, 0.3) is 0 Å². The Labute approximate surface area is 117 Å². The third kappa shape index (κ3) is 2.48. The SMILES string of the molecule is C[C@H](NC1CSCc2ccccc21)c1cccs1. The molecule has 3 rings (SSSR count). The van der Waals surface area contributed by atoms with Gasteiger partial charge < -0.3 is 5.32 Å². The second-order valence-electron chi connectivity index (χ2n) is 4.67. The van der Waals surface area contributed by atoms with Gasteiger partial charge in [0.15, 0.2) is 0 Å². The summed E-state index contributed by atoms with van der Waals surface area (Å²) in [5, 5.41) is 5.92. The van der Waals surface area contributed by atoms with Crippen LogP contribution in [-0.4, -0.2) is 5.75 Å². The lowest BCUT2D eigenvalue weighted by molar-refractivity contribution is 0.501. The number of rotatable bonds is 3. The lowest BCUT2D eigenvalue weighted by Crippen LogP contribution is -2.28. The van der Waals surface area contributed by atoms with E-state index >= 15 is 0 Å². The summed E-state index contributed by atoms with van der Waals surface area (Å²) >= 11 is 3.86. The Morgan fingerprint density at radius 2 is 2.11 bits per heavy atom. The third-order valence-electron chi connectivity index (χ3n) is 3.39. The van der Waals surface area contributed by atoms with Crippen LogP contribution in [0.2, 0.25) is 0 Å². The van der Waals surface area contributed by atoms with Crippen LogP contribution >= 0.6 is 23.1 Å². The van der Waals surface area contributed by atoms with Crippen molar-refractivity contribution in [1.29, 1.82) is 0 Å². The number of thioether (sulfide) groups is 1. The van der Waals surface area contributed by atoms with Crippen molar-refractivity contribution in [3.05, 3.63) is 57.8 Å². The summed E-state index contributed by atoms with van der Waals surface area (Å²) < 4.78 is 0. The molecule has 3 heteroatoms. The molecule has 0 bridgehead atoms. The largest absolute Gasteiger partial charge is 0.302 e. The lowest BCUT2D eigenvalue weighted by atomic mass is 10.0. The first-order valence-corrected chi connectivity index (χ1v) is 8.33. The fourth-order valence-electron chi connectivity index (χ4n) is 2.44. The maximum atomic E-state index is 3.77. The molecule has 0 amide bonds. The topological polar surface area (TPSA) is 12.0 Å². The van der Waals surface area contributed by atoms with Crippen molar-refractivity contribution < 1.29 is 0 Å². The first-order chi connectivity index (χ1) is 8.84. The van der Waals surface area contributed by atoms with Gasteiger partial charge in [-0.1, -0.05) is 30.3 Å². The predicted octanol–water partition coefficient (Wildman–Crippen LogP) is 4.39.